The van der Waals surface area contributed by atoms with Crippen molar-refractivity contribution in [2.45, 2.75) is 167 Å². The van der Waals surface area contributed by atoms with Crippen molar-refractivity contribution in [2.75, 3.05) is 34.9 Å². The number of cyclic esters (lactones) is 1. The van der Waals surface area contributed by atoms with Crippen molar-refractivity contribution in [1.29, 1.82) is 0 Å². The van der Waals surface area contributed by atoms with Gasteiger partial charge in [0.05, 0.1) is 30.8 Å². The Morgan fingerprint density at radius 3 is 2.26 bits per heavy atom. The lowest BCUT2D eigenvalue weighted by Gasteiger charge is -2.44. The number of carbonyl (C=O) groups is 2. The van der Waals surface area contributed by atoms with Crippen LogP contribution in [0.4, 0.5) is 0 Å². The number of esters is 1. The summed E-state index contributed by atoms with van der Waals surface area (Å²) in [6, 6.07) is 0.337. The molecule has 0 radical (unpaired) electrons. The molecule has 0 aromatic rings. The maximum absolute atomic E-state index is 14.8. The molecule has 3 heterocycles. The van der Waals surface area contributed by atoms with Crippen LogP contribution in [0.5, 0.6) is 0 Å². The Kier molecular flexibility index (Phi) is 14.2. The zero-order valence-electron chi connectivity index (χ0n) is 34.6. The SMILES string of the molecule is CCO[C@H]1C(OC)[C@H](O[C@H]2C[C@H]3[C@@H]4C=C5C(=O)[C@H](C)[C@@H](O[C@H]6CC[C@H](N(C)C)[C@@H](C)O6)CCCC(CC)OC(=O)C[C@H]5[C@@H]4C=C(C)[C@@H]3C2)OC(C)[C@@H]1OC. The Morgan fingerprint density at radius 1 is 0.833 bits per heavy atom. The molecular formula is C43H69NO10. The molecule has 3 aliphatic carbocycles. The van der Waals surface area contributed by atoms with Crippen LogP contribution in [0.15, 0.2) is 23.3 Å². The van der Waals surface area contributed by atoms with E-state index in [0.717, 1.165) is 50.5 Å². The van der Waals surface area contributed by atoms with E-state index < -0.39 is 12.4 Å². The highest BCUT2D eigenvalue weighted by Crippen LogP contribution is 2.56. The maximum Gasteiger partial charge on any atom is 0.306 e. The van der Waals surface area contributed by atoms with E-state index in [1.165, 1.54) is 5.57 Å². The number of nitrogens with zero attached hydrogens (tertiary/aromatic N) is 1. The average Bonchev–Trinajstić information content (AvgIpc) is 3.71. The third-order valence-electron chi connectivity index (χ3n) is 13.7. The predicted octanol–water partition coefficient (Wildman–Crippen LogP) is 6.27. The minimum atomic E-state index is -0.597. The first-order valence-electron chi connectivity index (χ1n) is 21.0. The average molecular weight is 760 g/mol. The molecule has 3 aliphatic heterocycles. The van der Waals surface area contributed by atoms with E-state index in [1.54, 1.807) is 14.2 Å². The van der Waals surface area contributed by atoms with Crippen molar-refractivity contribution in [3.8, 4) is 0 Å². The second kappa shape index (κ2) is 18.3. The van der Waals surface area contributed by atoms with Crippen LogP contribution in [-0.4, -0.2) is 119 Å². The number of methoxy groups -OCH3 is 2. The first-order chi connectivity index (χ1) is 25.9. The van der Waals surface area contributed by atoms with Crippen molar-refractivity contribution >= 4 is 11.8 Å². The first-order valence-corrected chi connectivity index (χ1v) is 21.0. The highest BCUT2D eigenvalue weighted by Gasteiger charge is 2.54. The number of hydrogen-bond donors (Lipinski definition) is 0. The van der Waals surface area contributed by atoms with Crippen molar-refractivity contribution in [1.82, 2.24) is 4.90 Å². The molecular weight excluding hydrogens is 690 g/mol. The molecule has 0 spiro atoms. The standard InChI is InChI=1S/C43H69NO10/c1-11-27-14-13-15-36(54-38-17-16-35(44(7)8)25(5)50-38)24(4)39(46)34-21-32-30(33(34)22-37(45)52-27)18-23(3)29-19-28(20-31(29)32)53-43-42(48-10)41(49-12-2)40(47-9)26(6)51-43/h18,21,24-33,35-36,38,40-43H,11-17,19-20,22H2,1-10H3/t24-,25-,26?,27?,28-,29+,30-,31-,32-,33+,35+,36+,38+,40+,41-,42?,43+/m1/s1. The van der Waals surface area contributed by atoms with E-state index >= 15 is 0 Å². The van der Waals surface area contributed by atoms with Crippen LogP contribution in [0.2, 0.25) is 0 Å². The summed E-state index contributed by atoms with van der Waals surface area (Å²) in [6.07, 6.45) is 8.61. The Balaban J connectivity index is 1.23. The lowest BCUT2D eigenvalue weighted by atomic mass is 9.67. The lowest BCUT2D eigenvalue weighted by molar-refractivity contribution is -0.317. The highest BCUT2D eigenvalue weighted by atomic mass is 16.7. The zero-order chi connectivity index (χ0) is 38.8. The Bertz CT molecular complexity index is 1350. The molecule has 6 aliphatic rings. The molecule has 6 rings (SSSR count). The molecule has 0 aromatic heterocycles. The number of ketones is 1. The predicted molar refractivity (Wildman–Crippen MR) is 203 cm³/mol. The topological polar surface area (TPSA) is 111 Å². The van der Waals surface area contributed by atoms with Crippen LogP contribution in [-0.2, 0) is 47.5 Å². The Hall–Kier alpha value is -1.70. The molecule has 17 atom stereocenters. The second-order valence-corrected chi connectivity index (χ2v) is 17.2. The van der Waals surface area contributed by atoms with Gasteiger partial charge in [-0.1, -0.05) is 31.6 Å². The van der Waals surface area contributed by atoms with Gasteiger partial charge in [-0.15, -0.1) is 0 Å². The van der Waals surface area contributed by atoms with Crippen molar-refractivity contribution in [2.24, 2.45) is 35.5 Å². The molecule has 0 amide bonds. The van der Waals surface area contributed by atoms with Crippen LogP contribution in [0, 0.1) is 35.5 Å². The van der Waals surface area contributed by atoms with E-state index in [-0.39, 0.29) is 96.8 Å². The fraction of sp³-hybridized carbons (Fsp3) is 0.860. The van der Waals surface area contributed by atoms with Gasteiger partial charge in [0.2, 0.25) is 0 Å². The summed E-state index contributed by atoms with van der Waals surface area (Å²) >= 11 is 0. The molecule has 3 unspecified atom stereocenters. The van der Waals surface area contributed by atoms with Gasteiger partial charge in [0.1, 0.15) is 24.4 Å². The third kappa shape index (κ3) is 8.74. The number of hydrogen-bond acceptors (Lipinski definition) is 11. The number of ether oxygens (including phenoxy) is 8. The molecule has 54 heavy (non-hydrogen) atoms. The summed E-state index contributed by atoms with van der Waals surface area (Å²) in [4.78, 5) is 30.6. The van der Waals surface area contributed by atoms with E-state index in [0.29, 0.717) is 25.0 Å². The second-order valence-electron chi connectivity index (χ2n) is 17.2. The molecule has 4 fully saturated rings. The molecule has 306 valence electrons. The van der Waals surface area contributed by atoms with Crippen LogP contribution < -0.4 is 0 Å². The number of likely N-dealkylation sites (N-methyl/N-ethyl adjacent to an activating group) is 1. The summed E-state index contributed by atoms with van der Waals surface area (Å²) in [5, 5.41) is 0. The van der Waals surface area contributed by atoms with Gasteiger partial charge in [0.25, 0.3) is 0 Å². The third-order valence-corrected chi connectivity index (χ3v) is 13.7. The van der Waals surface area contributed by atoms with Gasteiger partial charge in [0, 0.05) is 38.7 Å². The minimum Gasteiger partial charge on any atom is -0.462 e. The monoisotopic (exact) mass is 759 g/mol. The fourth-order valence-electron chi connectivity index (χ4n) is 10.9. The van der Waals surface area contributed by atoms with E-state index in [9.17, 15) is 9.59 Å². The quantitative estimate of drug-likeness (QED) is 0.186. The van der Waals surface area contributed by atoms with Gasteiger partial charge < -0.3 is 42.8 Å². The van der Waals surface area contributed by atoms with Gasteiger partial charge in [-0.25, -0.2) is 0 Å². The van der Waals surface area contributed by atoms with Gasteiger partial charge >= 0.3 is 5.97 Å². The lowest BCUT2D eigenvalue weighted by Crippen LogP contribution is -2.60. The number of allylic oxidation sites excluding steroid dienone is 4. The molecule has 1 saturated carbocycles. The van der Waals surface area contributed by atoms with Gasteiger partial charge in [-0.3, -0.25) is 9.59 Å². The fourth-order valence-corrected chi connectivity index (χ4v) is 10.9. The molecule has 3 saturated heterocycles. The van der Waals surface area contributed by atoms with Crippen molar-refractivity contribution in [3.05, 3.63) is 23.3 Å². The smallest absolute Gasteiger partial charge is 0.306 e. The largest absolute Gasteiger partial charge is 0.462 e. The normalized spacial score (nSPS) is 44.7. The van der Waals surface area contributed by atoms with Gasteiger partial charge in [-0.05, 0) is 122 Å². The van der Waals surface area contributed by atoms with E-state index in [1.807, 2.05) is 20.8 Å². The van der Waals surface area contributed by atoms with E-state index in [2.05, 4.69) is 51.9 Å². The molecule has 0 N–H and O–H groups in total. The summed E-state index contributed by atoms with van der Waals surface area (Å²) in [5.41, 5.74) is 2.08. The number of carbonyl (C=O) groups excluding carboxylic acids is 2. The summed E-state index contributed by atoms with van der Waals surface area (Å²) in [7, 11) is 7.53. The first kappa shape index (κ1) is 41.9. The van der Waals surface area contributed by atoms with Gasteiger partial charge in [0.15, 0.2) is 18.4 Å². The maximum atomic E-state index is 14.8. The van der Waals surface area contributed by atoms with Crippen LogP contribution in [0.25, 0.3) is 0 Å². The Morgan fingerprint density at radius 2 is 1.59 bits per heavy atom. The molecule has 0 bridgehead atoms. The van der Waals surface area contributed by atoms with Crippen LogP contribution in [0.3, 0.4) is 0 Å². The molecule has 11 heteroatoms. The van der Waals surface area contributed by atoms with Crippen molar-refractivity contribution in [3.63, 3.8) is 0 Å². The number of Topliss-reactive ketones (excluding diaryl/α,β-unsaturated/α-hetero) is 1. The van der Waals surface area contributed by atoms with Crippen LogP contribution >= 0.6 is 0 Å². The number of fused-ring (bicyclic) bond motifs is 5. The molecule has 0 aromatic carbocycles. The Labute approximate surface area is 324 Å². The molecule has 11 nitrogen and oxygen atoms in total. The zero-order valence-corrected chi connectivity index (χ0v) is 34.6. The van der Waals surface area contributed by atoms with Gasteiger partial charge in [-0.2, -0.15) is 0 Å². The highest BCUT2D eigenvalue weighted by molar-refractivity contribution is 5.99. The summed E-state index contributed by atoms with van der Waals surface area (Å²) in [6.45, 7) is 12.9. The van der Waals surface area contributed by atoms with Crippen molar-refractivity contribution < 1.29 is 47.5 Å². The van der Waals surface area contributed by atoms with Crippen LogP contribution in [0.1, 0.15) is 99.3 Å². The summed E-state index contributed by atoms with van der Waals surface area (Å²) in [5.74, 6) is 0.00892. The number of rotatable bonds is 10. The minimum absolute atomic E-state index is 0.0361. The summed E-state index contributed by atoms with van der Waals surface area (Å²) < 4.78 is 50.3. The van der Waals surface area contributed by atoms with E-state index in [4.69, 9.17) is 37.9 Å².